The molecule has 0 radical (unpaired) electrons. The lowest BCUT2D eigenvalue weighted by Gasteiger charge is -2.15. The van der Waals surface area contributed by atoms with E-state index in [4.69, 9.17) is 4.74 Å². The van der Waals surface area contributed by atoms with Crippen LogP contribution in [0.2, 0.25) is 0 Å². The number of rotatable bonds is 4. The summed E-state index contributed by atoms with van der Waals surface area (Å²) in [5.74, 6) is -0.584. The van der Waals surface area contributed by atoms with Crippen LogP contribution in [0.3, 0.4) is 0 Å². The number of halogens is 2. The quantitative estimate of drug-likeness (QED) is 0.739. The van der Waals surface area contributed by atoms with Gasteiger partial charge in [0.1, 0.15) is 11.6 Å². The Morgan fingerprint density at radius 2 is 1.88 bits per heavy atom. The number of anilines is 1. The average molecular weight is 442 g/mol. The van der Waals surface area contributed by atoms with Crippen LogP contribution in [0.25, 0.3) is 0 Å². The maximum Gasteiger partial charge on any atom is 0.256 e. The van der Waals surface area contributed by atoms with Gasteiger partial charge in [-0.3, -0.25) is 9.59 Å². The number of methoxy groups -OCH3 is 1. The van der Waals surface area contributed by atoms with Gasteiger partial charge in [0.2, 0.25) is 0 Å². The molecule has 0 heterocycles. The summed E-state index contributed by atoms with van der Waals surface area (Å²) in [6.45, 7) is 0. The highest BCUT2D eigenvalue weighted by Crippen LogP contribution is 2.27. The average Bonchev–Trinajstić information content (AvgIpc) is 2.53. The SMILES string of the molecule is COc1ccc(C(=O)N(C)C)cc1NC(=O)c1ccc(F)cc1I. The van der Waals surface area contributed by atoms with E-state index in [0.29, 0.717) is 26.1 Å². The first-order valence-electron chi connectivity index (χ1n) is 6.99. The molecule has 2 rings (SSSR count). The van der Waals surface area contributed by atoms with Crippen molar-refractivity contribution in [3.8, 4) is 5.75 Å². The third-order valence-corrected chi connectivity index (χ3v) is 4.17. The zero-order valence-electron chi connectivity index (χ0n) is 13.4. The number of carbonyl (C=O) groups excluding carboxylic acids is 2. The van der Waals surface area contributed by atoms with Crippen LogP contribution in [0, 0.1) is 9.39 Å². The molecule has 126 valence electrons. The van der Waals surface area contributed by atoms with Crippen LogP contribution in [0.5, 0.6) is 5.75 Å². The second-order valence-corrected chi connectivity index (χ2v) is 6.36. The van der Waals surface area contributed by atoms with E-state index in [2.05, 4.69) is 5.32 Å². The van der Waals surface area contributed by atoms with E-state index in [9.17, 15) is 14.0 Å². The van der Waals surface area contributed by atoms with E-state index in [1.165, 1.54) is 30.2 Å². The van der Waals surface area contributed by atoms with Crippen LogP contribution in [0.1, 0.15) is 20.7 Å². The molecule has 2 amide bonds. The predicted molar refractivity (Wildman–Crippen MR) is 98.1 cm³/mol. The van der Waals surface area contributed by atoms with Crippen molar-refractivity contribution in [2.24, 2.45) is 0 Å². The molecular formula is C17H16FIN2O3. The zero-order valence-corrected chi connectivity index (χ0v) is 15.5. The molecule has 2 aromatic carbocycles. The number of amides is 2. The number of hydrogen-bond donors (Lipinski definition) is 1. The largest absolute Gasteiger partial charge is 0.495 e. The molecule has 2 aromatic rings. The van der Waals surface area contributed by atoms with Crippen LogP contribution in [-0.4, -0.2) is 37.9 Å². The van der Waals surface area contributed by atoms with Gasteiger partial charge in [-0.25, -0.2) is 4.39 Å². The predicted octanol–water partition coefficient (Wildman–Crippen LogP) is 3.39. The topological polar surface area (TPSA) is 58.6 Å². The first kappa shape index (κ1) is 18.2. The highest BCUT2D eigenvalue weighted by Gasteiger charge is 2.16. The Kier molecular flexibility index (Phi) is 5.76. The highest BCUT2D eigenvalue weighted by atomic mass is 127. The van der Waals surface area contributed by atoms with Crippen LogP contribution in [-0.2, 0) is 0 Å². The van der Waals surface area contributed by atoms with Crippen molar-refractivity contribution in [1.29, 1.82) is 0 Å². The Morgan fingerprint density at radius 1 is 1.17 bits per heavy atom. The number of nitrogens with zero attached hydrogens (tertiary/aromatic N) is 1. The van der Waals surface area contributed by atoms with Gasteiger partial charge < -0.3 is 15.0 Å². The Labute approximate surface area is 152 Å². The van der Waals surface area contributed by atoms with E-state index in [0.717, 1.165) is 0 Å². The molecule has 0 bridgehead atoms. The molecule has 0 spiro atoms. The molecule has 0 saturated carbocycles. The summed E-state index contributed by atoms with van der Waals surface area (Å²) in [6, 6.07) is 8.70. The fraction of sp³-hybridized carbons (Fsp3) is 0.176. The van der Waals surface area contributed by atoms with Crippen LogP contribution >= 0.6 is 22.6 Å². The lowest BCUT2D eigenvalue weighted by Crippen LogP contribution is -2.22. The summed E-state index contributed by atoms with van der Waals surface area (Å²) in [5.41, 5.74) is 1.13. The minimum absolute atomic E-state index is 0.190. The van der Waals surface area contributed by atoms with E-state index in [1.807, 2.05) is 22.6 Å². The molecule has 5 nitrogen and oxygen atoms in total. The summed E-state index contributed by atoms with van der Waals surface area (Å²) < 4.78 is 18.9. The maximum atomic E-state index is 13.2. The van der Waals surface area contributed by atoms with Gasteiger partial charge in [-0.05, 0) is 59.0 Å². The Balaban J connectivity index is 2.35. The third kappa shape index (κ3) is 4.02. The highest BCUT2D eigenvalue weighted by molar-refractivity contribution is 14.1. The van der Waals surface area contributed by atoms with Gasteiger partial charge in [0.05, 0.1) is 18.4 Å². The lowest BCUT2D eigenvalue weighted by atomic mass is 10.1. The van der Waals surface area contributed by atoms with Gasteiger partial charge in [0.15, 0.2) is 0 Å². The van der Waals surface area contributed by atoms with Crippen molar-refractivity contribution in [2.75, 3.05) is 26.5 Å². The van der Waals surface area contributed by atoms with Crippen LogP contribution in [0.4, 0.5) is 10.1 Å². The minimum atomic E-state index is -0.410. The molecule has 0 aliphatic carbocycles. The summed E-state index contributed by atoms with van der Waals surface area (Å²) in [4.78, 5) is 26.0. The molecular weight excluding hydrogens is 426 g/mol. The van der Waals surface area contributed by atoms with Gasteiger partial charge in [0, 0.05) is 23.2 Å². The van der Waals surface area contributed by atoms with Crippen molar-refractivity contribution < 1.29 is 18.7 Å². The number of ether oxygens (including phenoxy) is 1. The normalized spacial score (nSPS) is 10.2. The van der Waals surface area contributed by atoms with Crippen LogP contribution in [0.15, 0.2) is 36.4 Å². The Hall–Kier alpha value is -2.16. The maximum absolute atomic E-state index is 13.2. The molecule has 0 unspecified atom stereocenters. The van der Waals surface area contributed by atoms with E-state index >= 15 is 0 Å². The molecule has 0 saturated heterocycles. The zero-order chi connectivity index (χ0) is 17.9. The van der Waals surface area contributed by atoms with Crippen molar-refractivity contribution in [2.45, 2.75) is 0 Å². The summed E-state index contributed by atoms with van der Waals surface area (Å²) in [5, 5.41) is 2.71. The summed E-state index contributed by atoms with van der Waals surface area (Å²) in [7, 11) is 4.76. The molecule has 0 atom stereocenters. The van der Waals surface area contributed by atoms with Crippen molar-refractivity contribution in [3.63, 3.8) is 0 Å². The molecule has 0 aliphatic rings. The molecule has 7 heteroatoms. The second kappa shape index (κ2) is 7.61. The fourth-order valence-corrected chi connectivity index (χ4v) is 2.78. The van der Waals surface area contributed by atoms with E-state index < -0.39 is 11.7 Å². The first-order valence-corrected chi connectivity index (χ1v) is 8.07. The van der Waals surface area contributed by atoms with Gasteiger partial charge in [-0.15, -0.1) is 0 Å². The molecule has 0 fully saturated rings. The Bertz CT molecular complexity index is 793. The van der Waals surface area contributed by atoms with Crippen molar-refractivity contribution >= 4 is 40.1 Å². The van der Waals surface area contributed by atoms with Crippen molar-refractivity contribution in [1.82, 2.24) is 4.90 Å². The summed E-state index contributed by atoms with van der Waals surface area (Å²) in [6.07, 6.45) is 0. The smallest absolute Gasteiger partial charge is 0.256 e. The molecule has 24 heavy (non-hydrogen) atoms. The van der Waals surface area contributed by atoms with Gasteiger partial charge in [-0.1, -0.05) is 0 Å². The molecule has 0 aromatic heterocycles. The number of carbonyl (C=O) groups is 2. The number of benzene rings is 2. The monoisotopic (exact) mass is 442 g/mol. The fourth-order valence-electron chi connectivity index (χ4n) is 2.06. The lowest BCUT2D eigenvalue weighted by molar-refractivity contribution is 0.0827. The van der Waals surface area contributed by atoms with Gasteiger partial charge >= 0.3 is 0 Å². The second-order valence-electron chi connectivity index (χ2n) is 5.19. The molecule has 1 N–H and O–H groups in total. The third-order valence-electron chi connectivity index (χ3n) is 3.28. The summed E-state index contributed by atoms with van der Waals surface area (Å²) >= 11 is 1.90. The van der Waals surface area contributed by atoms with E-state index in [1.54, 1.807) is 32.3 Å². The van der Waals surface area contributed by atoms with Gasteiger partial charge in [0.25, 0.3) is 11.8 Å². The van der Waals surface area contributed by atoms with Crippen LogP contribution < -0.4 is 10.1 Å². The minimum Gasteiger partial charge on any atom is -0.495 e. The molecule has 0 aliphatic heterocycles. The van der Waals surface area contributed by atoms with Gasteiger partial charge in [-0.2, -0.15) is 0 Å². The van der Waals surface area contributed by atoms with E-state index in [-0.39, 0.29) is 5.91 Å². The number of nitrogens with one attached hydrogen (secondary N) is 1. The standard InChI is InChI=1S/C17H16FIN2O3/c1-21(2)17(23)10-4-7-15(24-3)14(8-10)20-16(22)12-6-5-11(18)9-13(12)19/h4-9H,1-3H3,(H,20,22). The first-order chi connectivity index (χ1) is 11.3. The van der Waals surface area contributed by atoms with Crippen molar-refractivity contribution in [3.05, 3.63) is 56.9 Å². The number of hydrogen-bond acceptors (Lipinski definition) is 3. The Morgan fingerprint density at radius 3 is 2.46 bits per heavy atom.